The molecule has 1 aliphatic rings. The van der Waals surface area contributed by atoms with Crippen LogP contribution < -0.4 is 0 Å². The van der Waals surface area contributed by atoms with Gasteiger partial charge in [0.1, 0.15) is 5.60 Å². The van der Waals surface area contributed by atoms with Crippen LogP contribution >= 0.6 is 0 Å². The maximum atomic E-state index is 12.2. The highest BCUT2D eigenvalue weighted by atomic mass is 19.4. The number of ether oxygens (including phenoxy) is 3. The molecule has 0 saturated heterocycles. The second-order valence-electron chi connectivity index (χ2n) is 5.99. The lowest BCUT2D eigenvalue weighted by molar-refractivity contribution is -0.192. The lowest BCUT2D eigenvalue weighted by Gasteiger charge is -2.36. The normalized spacial score (nSPS) is 16.8. The summed E-state index contributed by atoms with van der Waals surface area (Å²) < 4.78 is 51.3. The number of halogens is 3. The molecule has 0 N–H and O–H groups in total. The van der Waals surface area contributed by atoms with Gasteiger partial charge in [-0.2, -0.15) is 13.2 Å². The van der Waals surface area contributed by atoms with Crippen molar-refractivity contribution in [3.63, 3.8) is 0 Å². The summed E-state index contributed by atoms with van der Waals surface area (Å²) in [6.45, 7) is 5.57. The van der Waals surface area contributed by atoms with Crippen molar-refractivity contribution in [2.45, 2.75) is 50.3 Å². The maximum Gasteiger partial charge on any atom is 0.422 e. The zero-order valence-electron chi connectivity index (χ0n) is 14.0. The molecule has 142 valence electrons. The van der Waals surface area contributed by atoms with E-state index in [1.807, 2.05) is 0 Å². The van der Waals surface area contributed by atoms with Crippen molar-refractivity contribution in [2.24, 2.45) is 0 Å². The Labute approximate surface area is 144 Å². The van der Waals surface area contributed by atoms with Crippen LogP contribution in [0.3, 0.4) is 0 Å². The minimum absolute atomic E-state index is 0.0561. The molecule has 0 radical (unpaired) electrons. The van der Waals surface area contributed by atoms with Crippen LogP contribution in [-0.2, 0) is 23.8 Å². The largest absolute Gasteiger partial charge is 0.456 e. The molecule has 0 aromatic rings. The number of rotatable bonds is 9. The van der Waals surface area contributed by atoms with Crippen LogP contribution in [0.1, 0.15) is 38.5 Å². The molecule has 0 aromatic carbocycles. The number of carbonyl (C=O) groups is 2. The molecule has 0 heterocycles. The van der Waals surface area contributed by atoms with Crippen LogP contribution in [0.4, 0.5) is 13.2 Å². The summed E-state index contributed by atoms with van der Waals surface area (Å²) in [5.41, 5.74) is -1.09. The van der Waals surface area contributed by atoms with Crippen LogP contribution in [0.25, 0.3) is 0 Å². The molecule has 1 aliphatic carbocycles. The lowest BCUT2D eigenvalue weighted by atomic mass is 9.82. The van der Waals surface area contributed by atoms with E-state index in [0.717, 1.165) is 6.42 Å². The van der Waals surface area contributed by atoms with Crippen LogP contribution in [0.5, 0.6) is 0 Å². The van der Waals surface area contributed by atoms with E-state index >= 15 is 0 Å². The van der Waals surface area contributed by atoms with Crippen LogP contribution in [0, 0.1) is 0 Å². The van der Waals surface area contributed by atoms with Crippen molar-refractivity contribution in [3.8, 4) is 0 Å². The molecule has 5 nitrogen and oxygen atoms in total. The van der Waals surface area contributed by atoms with Gasteiger partial charge >= 0.3 is 18.1 Å². The van der Waals surface area contributed by atoms with Gasteiger partial charge in [-0.05, 0) is 25.7 Å². The monoisotopic (exact) mass is 364 g/mol. The van der Waals surface area contributed by atoms with Gasteiger partial charge in [0.25, 0.3) is 0 Å². The van der Waals surface area contributed by atoms with E-state index in [0.29, 0.717) is 25.7 Å². The highest BCUT2D eigenvalue weighted by molar-refractivity contribution is 5.88. The molecule has 0 aromatic heterocycles. The van der Waals surface area contributed by atoms with E-state index in [4.69, 9.17) is 9.47 Å². The number of esters is 2. The topological polar surface area (TPSA) is 61.8 Å². The Balaban J connectivity index is 2.65. The molecule has 1 fully saturated rings. The van der Waals surface area contributed by atoms with Gasteiger partial charge in [0, 0.05) is 0 Å². The van der Waals surface area contributed by atoms with Crippen LogP contribution in [-0.4, -0.2) is 43.5 Å². The van der Waals surface area contributed by atoms with Crippen molar-refractivity contribution in [1.82, 2.24) is 0 Å². The Morgan fingerprint density at radius 2 is 1.80 bits per heavy atom. The molecular weight excluding hydrogens is 341 g/mol. The van der Waals surface area contributed by atoms with E-state index in [2.05, 4.69) is 17.9 Å². The van der Waals surface area contributed by atoms with Gasteiger partial charge in [0.2, 0.25) is 0 Å². The summed E-state index contributed by atoms with van der Waals surface area (Å²) in [6, 6.07) is 0. The molecule has 0 spiro atoms. The molecule has 0 bridgehead atoms. The Morgan fingerprint density at radius 1 is 1.16 bits per heavy atom. The summed E-state index contributed by atoms with van der Waals surface area (Å²) in [5.74, 6) is -1.77. The summed E-state index contributed by atoms with van der Waals surface area (Å²) in [4.78, 5) is 23.9. The van der Waals surface area contributed by atoms with Gasteiger partial charge in [-0.15, -0.1) is 6.58 Å². The lowest BCUT2D eigenvalue weighted by Crippen LogP contribution is -2.41. The van der Waals surface area contributed by atoms with Gasteiger partial charge in [0.15, 0.2) is 6.61 Å². The predicted octanol–water partition coefficient (Wildman–Crippen LogP) is 3.49. The first-order valence-corrected chi connectivity index (χ1v) is 7.99. The molecule has 0 unspecified atom stereocenters. The second-order valence-corrected chi connectivity index (χ2v) is 5.99. The van der Waals surface area contributed by atoms with E-state index in [-0.39, 0.29) is 18.8 Å². The van der Waals surface area contributed by atoms with E-state index in [1.54, 1.807) is 0 Å². The van der Waals surface area contributed by atoms with Crippen molar-refractivity contribution in [2.75, 3.05) is 19.8 Å². The first-order chi connectivity index (χ1) is 11.7. The second kappa shape index (κ2) is 9.60. The number of hydrogen-bond acceptors (Lipinski definition) is 5. The number of carbonyl (C=O) groups excluding carboxylic acids is 2. The van der Waals surface area contributed by atoms with Gasteiger partial charge in [0.05, 0.1) is 25.2 Å². The fourth-order valence-corrected chi connectivity index (χ4v) is 2.58. The van der Waals surface area contributed by atoms with Crippen LogP contribution in [0.15, 0.2) is 24.8 Å². The van der Waals surface area contributed by atoms with Crippen LogP contribution in [0.2, 0.25) is 0 Å². The fourth-order valence-electron chi connectivity index (χ4n) is 2.58. The SMILES string of the molecule is C=CCOCC(=C)C(=O)OC1(CC(=O)OCC(F)(F)F)CCCCC1. The van der Waals surface area contributed by atoms with Crippen molar-refractivity contribution in [3.05, 3.63) is 24.8 Å². The maximum absolute atomic E-state index is 12.2. The highest BCUT2D eigenvalue weighted by Crippen LogP contribution is 2.35. The Bertz CT molecular complexity index is 493. The smallest absolute Gasteiger partial charge is 0.422 e. The zero-order chi connectivity index (χ0) is 18.9. The van der Waals surface area contributed by atoms with Gasteiger partial charge in [-0.3, -0.25) is 4.79 Å². The molecule has 0 atom stereocenters. The summed E-state index contributed by atoms with van der Waals surface area (Å²) in [7, 11) is 0. The summed E-state index contributed by atoms with van der Waals surface area (Å²) in [5, 5.41) is 0. The zero-order valence-corrected chi connectivity index (χ0v) is 14.0. The van der Waals surface area contributed by atoms with E-state index in [9.17, 15) is 22.8 Å². The Kier molecular flexibility index (Phi) is 8.15. The van der Waals surface area contributed by atoms with Gasteiger partial charge in [-0.1, -0.05) is 19.1 Å². The molecule has 8 heteroatoms. The summed E-state index contributed by atoms with van der Waals surface area (Å²) in [6.07, 6.45) is -0.392. The standard InChI is InChI=1S/C17H23F3O5/c1-3-9-23-11-13(2)15(22)25-16(7-5-4-6-8-16)10-14(21)24-12-17(18,19)20/h3H,1-2,4-12H2. The average molecular weight is 364 g/mol. The van der Waals surface area contributed by atoms with Crippen molar-refractivity contribution < 1.29 is 37.0 Å². The molecule has 25 heavy (non-hydrogen) atoms. The summed E-state index contributed by atoms with van der Waals surface area (Å²) >= 11 is 0. The molecule has 0 amide bonds. The third-order valence-electron chi connectivity index (χ3n) is 3.74. The highest BCUT2D eigenvalue weighted by Gasteiger charge is 2.40. The first-order valence-electron chi connectivity index (χ1n) is 7.99. The quantitative estimate of drug-likeness (QED) is 0.271. The molecule has 1 saturated carbocycles. The third kappa shape index (κ3) is 8.20. The number of hydrogen-bond donors (Lipinski definition) is 0. The average Bonchev–Trinajstić information content (AvgIpc) is 2.53. The van der Waals surface area contributed by atoms with Gasteiger partial charge < -0.3 is 14.2 Å². The van der Waals surface area contributed by atoms with E-state index in [1.165, 1.54) is 6.08 Å². The number of alkyl halides is 3. The van der Waals surface area contributed by atoms with Crippen molar-refractivity contribution in [1.29, 1.82) is 0 Å². The fraction of sp³-hybridized carbons (Fsp3) is 0.647. The molecular formula is C17H23F3O5. The first kappa shape index (κ1) is 21.2. The predicted molar refractivity (Wildman–Crippen MR) is 83.7 cm³/mol. The third-order valence-corrected chi connectivity index (χ3v) is 3.74. The van der Waals surface area contributed by atoms with E-state index < -0.39 is 36.7 Å². The van der Waals surface area contributed by atoms with Gasteiger partial charge in [-0.25, -0.2) is 4.79 Å². The molecule has 0 aliphatic heterocycles. The minimum atomic E-state index is -4.59. The Hall–Kier alpha value is -1.83. The molecule has 1 rings (SSSR count). The Morgan fingerprint density at radius 3 is 2.36 bits per heavy atom. The van der Waals surface area contributed by atoms with Crippen molar-refractivity contribution >= 4 is 11.9 Å². The minimum Gasteiger partial charge on any atom is -0.456 e.